The van der Waals surface area contributed by atoms with E-state index in [1.54, 1.807) is 0 Å². The molecule has 1 aromatic heterocycles. The average molecular weight is 334 g/mol. The maximum absolute atomic E-state index is 12.7. The zero-order chi connectivity index (χ0) is 17.1. The molecule has 2 heterocycles. The highest BCUT2D eigenvalue weighted by Crippen LogP contribution is 2.23. The number of nitrogens with zero attached hydrogens (tertiary/aromatic N) is 3. The molecule has 128 valence electrons. The molecule has 5 nitrogen and oxygen atoms in total. The number of carbonyl (C=O) groups excluding carboxylic acids is 1. The molecule has 1 amide bonds. The fraction of sp³-hybridized carbons (Fsp3) is 0.412. The van der Waals surface area contributed by atoms with Crippen molar-refractivity contribution in [3.05, 3.63) is 47.8 Å². The number of benzene rings is 1. The second-order valence-electron chi connectivity index (χ2n) is 6.03. The molecular weight excluding hydrogens is 314 g/mol. The third-order valence-electron chi connectivity index (χ3n) is 4.33. The second kappa shape index (κ2) is 6.98. The number of amides is 1. The molecule has 1 saturated heterocycles. The van der Waals surface area contributed by atoms with E-state index in [0.717, 1.165) is 30.3 Å². The summed E-state index contributed by atoms with van der Waals surface area (Å²) in [5.41, 5.74) is 0.958. The van der Waals surface area contributed by atoms with Gasteiger partial charge in [0.05, 0.1) is 0 Å². The summed E-state index contributed by atoms with van der Waals surface area (Å²) in [6, 6.07) is 11.3. The predicted molar refractivity (Wildman–Crippen MR) is 87.3 cm³/mol. The Morgan fingerprint density at radius 2 is 2.12 bits per heavy atom. The van der Waals surface area contributed by atoms with Gasteiger partial charge >= 0.3 is 0 Å². The first-order chi connectivity index (χ1) is 11.5. The van der Waals surface area contributed by atoms with E-state index in [9.17, 15) is 13.6 Å². The lowest BCUT2D eigenvalue weighted by atomic mass is 10.1. The molecule has 24 heavy (non-hydrogen) atoms. The lowest BCUT2D eigenvalue weighted by Gasteiger charge is -2.18. The van der Waals surface area contributed by atoms with Crippen LogP contribution in [0.5, 0.6) is 0 Å². The molecular formula is C17H20F2N4O. The number of aromatic nitrogens is 2. The van der Waals surface area contributed by atoms with E-state index < -0.39 is 12.3 Å². The quantitative estimate of drug-likeness (QED) is 0.914. The van der Waals surface area contributed by atoms with E-state index in [-0.39, 0.29) is 11.4 Å². The van der Waals surface area contributed by atoms with Crippen LogP contribution in [0, 0.1) is 5.92 Å². The average Bonchev–Trinajstić information content (AvgIpc) is 3.20. The molecule has 0 bridgehead atoms. The summed E-state index contributed by atoms with van der Waals surface area (Å²) >= 11 is 0. The van der Waals surface area contributed by atoms with Crippen molar-refractivity contribution in [1.82, 2.24) is 15.1 Å². The Balaban J connectivity index is 1.53. The highest BCUT2D eigenvalue weighted by Gasteiger charge is 2.24. The number of nitrogens with one attached hydrogen (secondary N) is 1. The minimum Gasteiger partial charge on any atom is -0.371 e. The van der Waals surface area contributed by atoms with Crippen LogP contribution in [0.1, 0.15) is 29.0 Å². The van der Waals surface area contributed by atoms with Crippen LogP contribution in [0.3, 0.4) is 0 Å². The van der Waals surface area contributed by atoms with Gasteiger partial charge in [0.25, 0.3) is 12.3 Å². The predicted octanol–water partition coefficient (Wildman–Crippen LogP) is 2.61. The second-order valence-corrected chi connectivity index (χ2v) is 6.03. The van der Waals surface area contributed by atoms with Crippen molar-refractivity contribution in [2.45, 2.75) is 12.8 Å². The van der Waals surface area contributed by atoms with Gasteiger partial charge in [0, 0.05) is 32.4 Å². The Morgan fingerprint density at radius 1 is 1.38 bits per heavy atom. The molecule has 1 fully saturated rings. The topological polar surface area (TPSA) is 50.2 Å². The van der Waals surface area contributed by atoms with Crippen molar-refractivity contribution in [2.75, 3.05) is 24.5 Å². The molecule has 0 spiro atoms. The van der Waals surface area contributed by atoms with Crippen LogP contribution >= 0.6 is 0 Å². The first-order valence-corrected chi connectivity index (χ1v) is 7.95. The Hall–Kier alpha value is -2.44. The molecule has 1 N–H and O–H groups in total. The van der Waals surface area contributed by atoms with Gasteiger partial charge in [-0.1, -0.05) is 18.2 Å². The van der Waals surface area contributed by atoms with Crippen LogP contribution in [0.4, 0.5) is 14.5 Å². The third kappa shape index (κ3) is 3.55. The smallest absolute Gasteiger partial charge is 0.280 e. The normalized spacial score (nSPS) is 17.5. The molecule has 1 aromatic carbocycles. The largest absolute Gasteiger partial charge is 0.371 e. The molecule has 1 aliphatic heterocycles. The third-order valence-corrected chi connectivity index (χ3v) is 4.33. The summed E-state index contributed by atoms with van der Waals surface area (Å²) in [5, 5.41) is 6.66. The summed E-state index contributed by atoms with van der Waals surface area (Å²) in [6.07, 6.45) is -1.65. The number of halogens is 2. The number of rotatable bonds is 5. The Morgan fingerprint density at radius 3 is 2.79 bits per heavy atom. The lowest BCUT2D eigenvalue weighted by Crippen LogP contribution is -2.31. The van der Waals surface area contributed by atoms with Crippen LogP contribution in [-0.4, -0.2) is 35.3 Å². The molecule has 0 aliphatic carbocycles. The fourth-order valence-corrected chi connectivity index (χ4v) is 3.00. The van der Waals surface area contributed by atoms with Gasteiger partial charge < -0.3 is 10.2 Å². The Kier molecular flexibility index (Phi) is 4.78. The Bertz CT molecular complexity index is 702. The number of hydrogen-bond donors (Lipinski definition) is 1. The monoisotopic (exact) mass is 334 g/mol. The van der Waals surface area contributed by atoms with E-state index in [1.807, 2.05) is 18.2 Å². The number of para-hydroxylation sites is 1. The maximum Gasteiger partial charge on any atom is 0.280 e. The zero-order valence-electron chi connectivity index (χ0n) is 13.5. The fourth-order valence-electron chi connectivity index (χ4n) is 3.00. The van der Waals surface area contributed by atoms with Gasteiger partial charge in [0.2, 0.25) is 0 Å². The van der Waals surface area contributed by atoms with Gasteiger partial charge in [0.1, 0.15) is 5.69 Å². The Labute approximate surface area is 139 Å². The van der Waals surface area contributed by atoms with Crippen molar-refractivity contribution in [1.29, 1.82) is 0 Å². The van der Waals surface area contributed by atoms with E-state index >= 15 is 0 Å². The number of aryl methyl sites for hydroxylation is 1. The van der Waals surface area contributed by atoms with Gasteiger partial charge in [-0.2, -0.15) is 5.10 Å². The molecule has 0 radical (unpaired) electrons. The first-order valence-electron chi connectivity index (χ1n) is 7.95. The van der Waals surface area contributed by atoms with Gasteiger partial charge in [0.15, 0.2) is 5.69 Å². The molecule has 0 saturated carbocycles. The summed E-state index contributed by atoms with van der Waals surface area (Å²) in [5.74, 6) is -0.0666. The lowest BCUT2D eigenvalue weighted by molar-refractivity contribution is 0.0942. The van der Waals surface area contributed by atoms with Crippen molar-refractivity contribution in [2.24, 2.45) is 13.0 Å². The molecule has 1 aliphatic rings. The number of carbonyl (C=O) groups is 1. The molecule has 1 atom stereocenters. The number of hydrogen-bond acceptors (Lipinski definition) is 3. The minimum atomic E-state index is -2.64. The minimum absolute atomic E-state index is 0.0331. The summed E-state index contributed by atoms with van der Waals surface area (Å²) in [6.45, 7) is 2.33. The first kappa shape index (κ1) is 16.4. The van der Waals surface area contributed by atoms with Gasteiger partial charge in [-0.25, -0.2) is 8.78 Å². The summed E-state index contributed by atoms with van der Waals surface area (Å²) < 4.78 is 26.5. The SMILES string of the molecule is Cn1nc(C(=O)NCC2CCN(c3ccccc3)C2)cc1C(F)F. The molecule has 1 unspecified atom stereocenters. The van der Waals surface area contributed by atoms with Gasteiger partial charge in [-0.3, -0.25) is 9.48 Å². The zero-order valence-corrected chi connectivity index (χ0v) is 13.5. The van der Waals surface area contributed by atoms with E-state index in [2.05, 4.69) is 27.4 Å². The number of alkyl halides is 2. The van der Waals surface area contributed by atoms with E-state index in [0.29, 0.717) is 12.5 Å². The van der Waals surface area contributed by atoms with Crippen molar-refractivity contribution in [3.63, 3.8) is 0 Å². The van der Waals surface area contributed by atoms with Crippen molar-refractivity contribution < 1.29 is 13.6 Å². The standard InChI is InChI=1S/C17H20F2N4O/c1-22-15(16(18)19)9-14(21-22)17(24)20-10-12-7-8-23(11-12)13-5-3-2-4-6-13/h2-6,9,12,16H,7-8,10-11H2,1H3,(H,20,24). The van der Waals surface area contributed by atoms with Crippen LogP contribution < -0.4 is 10.2 Å². The highest BCUT2D eigenvalue weighted by molar-refractivity contribution is 5.92. The van der Waals surface area contributed by atoms with Gasteiger partial charge in [-0.15, -0.1) is 0 Å². The summed E-state index contributed by atoms with van der Waals surface area (Å²) in [4.78, 5) is 14.4. The van der Waals surface area contributed by atoms with E-state index in [1.165, 1.54) is 12.7 Å². The maximum atomic E-state index is 12.7. The molecule has 2 aromatic rings. The van der Waals surface area contributed by atoms with E-state index in [4.69, 9.17) is 0 Å². The van der Waals surface area contributed by atoms with Crippen molar-refractivity contribution >= 4 is 11.6 Å². The molecule has 7 heteroatoms. The van der Waals surface area contributed by atoms with Crippen LogP contribution in [0.2, 0.25) is 0 Å². The van der Waals surface area contributed by atoms with Crippen LogP contribution in [0.25, 0.3) is 0 Å². The van der Waals surface area contributed by atoms with Crippen LogP contribution in [0.15, 0.2) is 36.4 Å². The van der Waals surface area contributed by atoms with Gasteiger partial charge in [-0.05, 0) is 30.5 Å². The molecule has 3 rings (SSSR count). The van der Waals surface area contributed by atoms with Crippen LogP contribution in [-0.2, 0) is 7.05 Å². The number of anilines is 1. The summed E-state index contributed by atoms with van der Waals surface area (Å²) in [7, 11) is 1.41. The van der Waals surface area contributed by atoms with Crippen molar-refractivity contribution in [3.8, 4) is 0 Å². The highest BCUT2D eigenvalue weighted by atomic mass is 19.3.